The van der Waals surface area contributed by atoms with Gasteiger partial charge in [0.05, 0.1) is 6.42 Å². The fourth-order valence-corrected chi connectivity index (χ4v) is 2.38. The molecule has 2 rings (SSSR count). The smallest absolute Gasteiger partial charge is 0.232 e. The van der Waals surface area contributed by atoms with Crippen molar-refractivity contribution in [1.29, 1.82) is 0 Å². The number of halogens is 1. The van der Waals surface area contributed by atoms with Crippen LogP contribution in [0, 0.1) is 0 Å². The van der Waals surface area contributed by atoms with E-state index >= 15 is 0 Å². The van der Waals surface area contributed by atoms with E-state index in [1.165, 1.54) is 5.56 Å². The van der Waals surface area contributed by atoms with Crippen molar-refractivity contribution in [2.24, 2.45) is 5.73 Å². The van der Waals surface area contributed by atoms with Gasteiger partial charge in [-0.25, -0.2) is 4.68 Å². The summed E-state index contributed by atoms with van der Waals surface area (Å²) in [6.07, 6.45) is 0.871. The van der Waals surface area contributed by atoms with Crippen LogP contribution in [-0.2, 0) is 24.2 Å². The molecule has 0 bridgehead atoms. The van der Waals surface area contributed by atoms with E-state index in [1.807, 2.05) is 19.1 Å². The Morgan fingerprint density at radius 3 is 2.75 bits per heavy atom. The highest BCUT2D eigenvalue weighted by Crippen LogP contribution is 2.23. The molecule has 24 heavy (non-hydrogen) atoms. The van der Waals surface area contributed by atoms with Crippen molar-refractivity contribution in [1.82, 2.24) is 20.2 Å². The summed E-state index contributed by atoms with van der Waals surface area (Å²) in [7, 11) is 0. The lowest BCUT2D eigenvalue weighted by Gasteiger charge is -2.14. The standard InChI is InChI=1S/C16H24N6O.ClH/c1-4-22-15(19-20-21-22)10-16(23)18-14-9-13(11(2)3)6-5-12(14)7-8-17;/h5-6,9,11H,4,7-8,10,17H2,1-3H3,(H,18,23);1H. The van der Waals surface area contributed by atoms with Gasteiger partial charge < -0.3 is 11.1 Å². The van der Waals surface area contributed by atoms with Crippen molar-refractivity contribution in [3.63, 3.8) is 0 Å². The average Bonchev–Trinajstić information content (AvgIpc) is 2.96. The summed E-state index contributed by atoms with van der Waals surface area (Å²) in [5.41, 5.74) is 8.71. The lowest BCUT2D eigenvalue weighted by molar-refractivity contribution is -0.115. The molecule has 132 valence electrons. The molecule has 0 aliphatic heterocycles. The number of hydrogen-bond donors (Lipinski definition) is 2. The molecule has 0 saturated heterocycles. The van der Waals surface area contributed by atoms with Gasteiger partial charge in [0.1, 0.15) is 0 Å². The third-order valence-electron chi connectivity index (χ3n) is 3.71. The van der Waals surface area contributed by atoms with Crippen molar-refractivity contribution in [3.8, 4) is 0 Å². The van der Waals surface area contributed by atoms with E-state index < -0.39 is 0 Å². The number of carbonyl (C=O) groups is 1. The first-order valence-corrected chi connectivity index (χ1v) is 7.92. The van der Waals surface area contributed by atoms with E-state index in [-0.39, 0.29) is 24.7 Å². The number of aromatic nitrogens is 4. The predicted octanol–water partition coefficient (Wildman–Crippen LogP) is 1.92. The summed E-state index contributed by atoms with van der Waals surface area (Å²) in [6, 6.07) is 6.15. The summed E-state index contributed by atoms with van der Waals surface area (Å²) in [4.78, 5) is 12.3. The van der Waals surface area contributed by atoms with Crippen LogP contribution >= 0.6 is 12.4 Å². The minimum absolute atomic E-state index is 0. The molecular weight excluding hydrogens is 328 g/mol. The molecule has 2 aromatic rings. The highest BCUT2D eigenvalue weighted by molar-refractivity contribution is 5.92. The zero-order valence-corrected chi connectivity index (χ0v) is 15.1. The SMILES string of the molecule is CCn1nnnc1CC(=O)Nc1cc(C(C)C)ccc1CCN.Cl. The van der Waals surface area contributed by atoms with E-state index in [0.29, 0.717) is 24.8 Å². The number of rotatable bonds is 7. The molecule has 0 aliphatic rings. The van der Waals surface area contributed by atoms with E-state index in [9.17, 15) is 4.79 Å². The Morgan fingerprint density at radius 1 is 1.38 bits per heavy atom. The summed E-state index contributed by atoms with van der Waals surface area (Å²) >= 11 is 0. The first-order valence-electron chi connectivity index (χ1n) is 7.92. The number of hydrogen-bond acceptors (Lipinski definition) is 5. The second-order valence-corrected chi connectivity index (χ2v) is 5.75. The van der Waals surface area contributed by atoms with Crippen LogP contribution in [0.15, 0.2) is 18.2 Å². The van der Waals surface area contributed by atoms with Gasteiger partial charge >= 0.3 is 0 Å². The molecule has 0 unspecified atom stereocenters. The number of nitrogens with zero attached hydrogens (tertiary/aromatic N) is 4. The monoisotopic (exact) mass is 352 g/mol. The Hall–Kier alpha value is -1.99. The van der Waals surface area contributed by atoms with Gasteiger partial charge in [-0.1, -0.05) is 26.0 Å². The number of carbonyl (C=O) groups excluding carboxylic acids is 1. The van der Waals surface area contributed by atoms with Gasteiger partial charge in [-0.15, -0.1) is 17.5 Å². The minimum Gasteiger partial charge on any atom is -0.330 e. The van der Waals surface area contributed by atoms with Gasteiger partial charge in [-0.3, -0.25) is 4.79 Å². The third kappa shape index (κ3) is 5.01. The van der Waals surface area contributed by atoms with Crippen molar-refractivity contribution in [3.05, 3.63) is 35.2 Å². The van der Waals surface area contributed by atoms with Gasteiger partial charge in [0, 0.05) is 12.2 Å². The molecule has 0 fully saturated rings. The van der Waals surface area contributed by atoms with E-state index in [2.05, 4.69) is 40.8 Å². The Labute approximate surface area is 148 Å². The molecule has 0 aliphatic carbocycles. The molecular formula is C16H25ClN6O. The molecule has 0 spiro atoms. The highest BCUT2D eigenvalue weighted by Gasteiger charge is 2.13. The Bertz CT molecular complexity index is 670. The summed E-state index contributed by atoms with van der Waals surface area (Å²) < 4.78 is 1.62. The number of tetrazole rings is 1. The zero-order chi connectivity index (χ0) is 16.8. The molecule has 0 saturated carbocycles. The van der Waals surface area contributed by atoms with E-state index in [4.69, 9.17) is 5.73 Å². The number of nitrogens with two attached hydrogens (primary N) is 1. The van der Waals surface area contributed by atoms with Gasteiger partial charge in [-0.05, 0) is 53.4 Å². The first-order chi connectivity index (χ1) is 11.0. The van der Waals surface area contributed by atoms with Crippen molar-refractivity contribution in [2.75, 3.05) is 11.9 Å². The highest BCUT2D eigenvalue weighted by atomic mass is 35.5. The van der Waals surface area contributed by atoms with Crippen LogP contribution in [0.1, 0.15) is 43.6 Å². The largest absolute Gasteiger partial charge is 0.330 e. The topological polar surface area (TPSA) is 98.7 Å². The molecule has 1 aromatic carbocycles. The van der Waals surface area contributed by atoms with Gasteiger partial charge in [-0.2, -0.15) is 0 Å². The number of aryl methyl sites for hydroxylation is 1. The molecule has 1 amide bonds. The number of nitrogens with one attached hydrogen (secondary N) is 1. The van der Waals surface area contributed by atoms with Crippen molar-refractivity contribution >= 4 is 24.0 Å². The summed E-state index contributed by atoms with van der Waals surface area (Å²) in [5.74, 6) is 0.823. The molecule has 1 aromatic heterocycles. The van der Waals surface area contributed by atoms with Crippen molar-refractivity contribution in [2.45, 2.75) is 46.1 Å². The van der Waals surface area contributed by atoms with Crippen molar-refractivity contribution < 1.29 is 4.79 Å². The minimum atomic E-state index is -0.131. The first kappa shape index (κ1) is 20.1. The summed E-state index contributed by atoms with van der Waals surface area (Å²) in [6.45, 7) is 7.36. The molecule has 8 heteroatoms. The predicted molar refractivity (Wildman–Crippen MR) is 96.4 cm³/mol. The Balaban J connectivity index is 0.00000288. The lowest BCUT2D eigenvalue weighted by atomic mass is 9.99. The molecule has 3 N–H and O–H groups in total. The van der Waals surface area contributed by atoms with Crippen LogP contribution in [0.25, 0.3) is 0 Å². The molecule has 0 radical (unpaired) electrons. The van der Waals surface area contributed by atoms with Gasteiger partial charge in [0.25, 0.3) is 0 Å². The lowest BCUT2D eigenvalue weighted by Crippen LogP contribution is -2.19. The quantitative estimate of drug-likeness (QED) is 0.793. The van der Waals surface area contributed by atoms with E-state index in [1.54, 1.807) is 4.68 Å². The molecule has 1 heterocycles. The second-order valence-electron chi connectivity index (χ2n) is 5.75. The number of amides is 1. The van der Waals surface area contributed by atoms with E-state index in [0.717, 1.165) is 17.7 Å². The fourth-order valence-electron chi connectivity index (χ4n) is 2.38. The Morgan fingerprint density at radius 2 is 2.12 bits per heavy atom. The van der Waals surface area contributed by atoms with Crippen LogP contribution in [-0.4, -0.2) is 32.7 Å². The fraction of sp³-hybridized carbons (Fsp3) is 0.500. The van der Waals surface area contributed by atoms with Gasteiger partial charge in [0.2, 0.25) is 5.91 Å². The Kier molecular flexibility index (Phi) is 7.81. The van der Waals surface area contributed by atoms with Gasteiger partial charge in [0.15, 0.2) is 5.82 Å². The number of anilines is 1. The maximum Gasteiger partial charge on any atom is 0.232 e. The third-order valence-corrected chi connectivity index (χ3v) is 3.71. The normalized spacial score (nSPS) is 10.5. The maximum atomic E-state index is 12.3. The molecule has 7 nitrogen and oxygen atoms in total. The van der Waals surface area contributed by atoms with Crippen LogP contribution in [0.2, 0.25) is 0 Å². The average molecular weight is 353 g/mol. The second kappa shape index (κ2) is 9.34. The summed E-state index contributed by atoms with van der Waals surface area (Å²) in [5, 5.41) is 14.3. The van der Waals surface area contributed by atoms with Crippen LogP contribution in [0.4, 0.5) is 5.69 Å². The van der Waals surface area contributed by atoms with Crippen LogP contribution in [0.5, 0.6) is 0 Å². The van der Waals surface area contributed by atoms with Crippen LogP contribution < -0.4 is 11.1 Å². The van der Waals surface area contributed by atoms with Crippen LogP contribution in [0.3, 0.4) is 0 Å². The molecule has 0 atom stereocenters. The maximum absolute atomic E-state index is 12.3. The zero-order valence-electron chi connectivity index (χ0n) is 14.3. The number of benzene rings is 1.